The third-order valence-corrected chi connectivity index (χ3v) is 6.07. The molecule has 4 rings (SSSR count). The van der Waals surface area contributed by atoms with Gasteiger partial charge in [-0.2, -0.15) is 0 Å². The Bertz CT molecular complexity index is 836. The standard InChI is InChI=1S/C21H23N3OS/c25-20(22-13-10-16-6-2-1-3-7-16)17-11-14-24(15-12-17)21-23-18-8-4-5-9-19(18)26-21/h1-9,17H,10-15H2,(H,22,25). The van der Waals surface area contributed by atoms with Gasteiger partial charge in [-0.1, -0.05) is 53.8 Å². The molecule has 2 heterocycles. The Labute approximate surface area is 157 Å². The number of anilines is 1. The van der Waals surface area contributed by atoms with E-state index >= 15 is 0 Å². The number of hydrogen-bond donors (Lipinski definition) is 1. The van der Waals surface area contributed by atoms with Crippen LogP contribution in [0.4, 0.5) is 5.13 Å². The van der Waals surface area contributed by atoms with E-state index in [0.717, 1.165) is 43.0 Å². The van der Waals surface area contributed by atoms with Gasteiger partial charge in [-0.05, 0) is 37.0 Å². The van der Waals surface area contributed by atoms with Crippen LogP contribution in [0.5, 0.6) is 0 Å². The van der Waals surface area contributed by atoms with Crippen molar-refractivity contribution in [2.45, 2.75) is 19.3 Å². The zero-order valence-corrected chi connectivity index (χ0v) is 15.5. The first kappa shape index (κ1) is 17.0. The van der Waals surface area contributed by atoms with Crippen molar-refractivity contribution in [2.24, 2.45) is 5.92 Å². The summed E-state index contributed by atoms with van der Waals surface area (Å²) < 4.78 is 1.23. The fourth-order valence-corrected chi connectivity index (χ4v) is 4.46. The monoisotopic (exact) mass is 365 g/mol. The molecule has 0 saturated carbocycles. The van der Waals surface area contributed by atoms with Crippen LogP contribution in [0, 0.1) is 5.92 Å². The lowest BCUT2D eigenvalue weighted by Crippen LogP contribution is -2.41. The van der Waals surface area contributed by atoms with Crippen LogP contribution in [-0.4, -0.2) is 30.5 Å². The molecule has 1 aliphatic heterocycles. The second-order valence-electron chi connectivity index (χ2n) is 6.75. The van der Waals surface area contributed by atoms with E-state index in [2.05, 4.69) is 40.5 Å². The van der Waals surface area contributed by atoms with Crippen molar-refractivity contribution < 1.29 is 4.79 Å². The molecular formula is C21H23N3OS. The Morgan fingerprint density at radius 1 is 1.08 bits per heavy atom. The van der Waals surface area contributed by atoms with E-state index in [-0.39, 0.29) is 11.8 Å². The summed E-state index contributed by atoms with van der Waals surface area (Å²) >= 11 is 1.74. The molecule has 3 aromatic rings. The summed E-state index contributed by atoms with van der Waals surface area (Å²) in [7, 11) is 0. The molecule has 1 N–H and O–H groups in total. The summed E-state index contributed by atoms with van der Waals surface area (Å²) in [5.74, 6) is 0.321. The van der Waals surface area contributed by atoms with E-state index in [1.54, 1.807) is 11.3 Å². The first-order valence-corrected chi connectivity index (χ1v) is 10.0. The van der Waals surface area contributed by atoms with Gasteiger partial charge in [0.1, 0.15) is 0 Å². The minimum atomic E-state index is 0.122. The molecule has 4 nitrogen and oxygen atoms in total. The highest BCUT2D eigenvalue weighted by Gasteiger charge is 2.26. The molecule has 1 fully saturated rings. The lowest BCUT2D eigenvalue weighted by molar-refractivity contribution is -0.125. The van der Waals surface area contributed by atoms with E-state index in [0.29, 0.717) is 6.54 Å². The maximum atomic E-state index is 12.4. The van der Waals surface area contributed by atoms with Gasteiger partial charge in [-0.3, -0.25) is 4.79 Å². The van der Waals surface area contributed by atoms with Crippen molar-refractivity contribution in [3.05, 3.63) is 60.2 Å². The summed E-state index contributed by atoms with van der Waals surface area (Å²) in [6, 6.07) is 18.5. The number of carbonyl (C=O) groups is 1. The van der Waals surface area contributed by atoms with E-state index in [9.17, 15) is 4.79 Å². The zero-order chi connectivity index (χ0) is 17.8. The summed E-state index contributed by atoms with van der Waals surface area (Å²) in [5.41, 5.74) is 2.33. The SMILES string of the molecule is O=C(NCCc1ccccc1)C1CCN(c2nc3ccccc3s2)CC1. The number of hydrogen-bond acceptors (Lipinski definition) is 4. The highest BCUT2D eigenvalue weighted by Crippen LogP contribution is 2.31. The van der Waals surface area contributed by atoms with Gasteiger partial charge in [0.15, 0.2) is 5.13 Å². The number of piperidine rings is 1. The average Bonchev–Trinajstić information content (AvgIpc) is 3.13. The van der Waals surface area contributed by atoms with Crippen molar-refractivity contribution in [1.82, 2.24) is 10.3 Å². The van der Waals surface area contributed by atoms with Crippen LogP contribution < -0.4 is 10.2 Å². The van der Waals surface area contributed by atoms with Crippen molar-refractivity contribution in [1.29, 1.82) is 0 Å². The predicted molar refractivity (Wildman–Crippen MR) is 108 cm³/mol. The normalized spacial score (nSPS) is 15.3. The molecule has 0 bridgehead atoms. The molecule has 1 aromatic heterocycles. The van der Waals surface area contributed by atoms with E-state index in [1.165, 1.54) is 10.3 Å². The molecule has 2 aromatic carbocycles. The van der Waals surface area contributed by atoms with Gasteiger partial charge < -0.3 is 10.2 Å². The summed E-state index contributed by atoms with van der Waals surface area (Å²) in [6.45, 7) is 2.51. The second-order valence-corrected chi connectivity index (χ2v) is 7.76. The Hall–Kier alpha value is -2.40. The van der Waals surface area contributed by atoms with Crippen LogP contribution in [0.25, 0.3) is 10.2 Å². The molecule has 1 saturated heterocycles. The van der Waals surface area contributed by atoms with Gasteiger partial charge in [-0.15, -0.1) is 0 Å². The highest BCUT2D eigenvalue weighted by molar-refractivity contribution is 7.22. The number of rotatable bonds is 5. The number of aromatic nitrogens is 1. The van der Waals surface area contributed by atoms with Crippen molar-refractivity contribution in [3.63, 3.8) is 0 Å². The van der Waals surface area contributed by atoms with Gasteiger partial charge in [0.2, 0.25) is 5.91 Å². The van der Waals surface area contributed by atoms with Crippen molar-refractivity contribution in [2.75, 3.05) is 24.5 Å². The van der Waals surface area contributed by atoms with Gasteiger partial charge in [0, 0.05) is 25.6 Å². The number of carbonyl (C=O) groups excluding carboxylic acids is 1. The predicted octanol–water partition coefficient (Wildman–Crippen LogP) is 3.87. The molecular weight excluding hydrogens is 342 g/mol. The van der Waals surface area contributed by atoms with E-state index < -0.39 is 0 Å². The lowest BCUT2D eigenvalue weighted by Gasteiger charge is -2.31. The Morgan fingerprint density at radius 2 is 1.81 bits per heavy atom. The number of nitrogens with one attached hydrogen (secondary N) is 1. The fourth-order valence-electron chi connectivity index (χ4n) is 3.45. The van der Waals surface area contributed by atoms with Crippen LogP contribution in [-0.2, 0) is 11.2 Å². The molecule has 26 heavy (non-hydrogen) atoms. The average molecular weight is 366 g/mol. The van der Waals surface area contributed by atoms with Crippen LogP contribution in [0.15, 0.2) is 54.6 Å². The number of nitrogens with zero attached hydrogens (tertiary/aromatic N) is 2. The minimum Gasteiger partial charge on any atom is -0.356 e. The van der Waals surface area contributed by atoms with Gasteiger partial charge in [0.05, 0.1) is 10.2 Å². The van der Waals surface area contributed by atoms with Crippen LogP contribution >= 0.6 is 11.3 Å². The van der Waals surface area contributed by atoms with Gasteiger partial charge in [0.25, 0.3) is 0 Å². The lowest BCUT2D eigenvalue weighted by atomic mass is 9.96. The highest BCUT2D eigenvalue weighted by atomic mass is 32.1. The number of amides is 1. The van der Waals surface area contributed by atoms with Crippen LogP contribution in [0.3, 0.4) is 0 Å². The molecule has 5 heteroatoms. The number of thiazole rings is 1. The Balaban J connectivity index is 1.27. The zero-order valence-electron chi connectivity index (χ0n) is 14.7. The Kier molecular flexibility index (Phi) is 5.16. The summed E-state index contributed by atoms with van der Waals surface area (Å²) in [5, 5.41) is 4.18. The number of fused-ring (bicyclic) bond motifs is 1. The first-order valence-electron chi connectivity index (χ1n) is 9.22. The first-order chi connectivity index (χ1) is 12.8. The topological polar surface area (TPSA) is 45.2 Å². The third-order valence-electron chi connectivity index (χ3n) is 4.97. The summed E-state index contributed by atoms with van der Waals surface area (Å²) in [4.78, 5) is 19.5. The van der Waals surface area contributed by atoms with E-state index in [4.69, 9.17) is 4.98 Å². The molecule has 0 aliphatic carbocycles. The second kappa shape index (κ2) is 7.87. The quantitative estimate of drug-likeness (QED) is 0.746. The molecule has 0 spiro atoms. The molecule has 0 atom stereocenters. The smallest absolute Gasteiger partial charge is 0.223 e. The molecule has 1 amide bonds. The number of benzene rings is 2. The summed E-state index contributed by atoms with van der Waals surface area (Å²) in [6.07, 6.45) is 2.68. The van der Waals surface area contributed by atoms with E-state index in [1.807, 2.05) is 24.3 Å². The fraction of sp³-hybridized carbons (Fsp3) is 0.333. The molecule has 1 aliphatic rings. The maximum Gasteiger partial charge on any atom is 0.223 e. The maximum absolute atomic E-state index is 12.4. The largest absolute Gasteiger partial charge is 0.356 e. The Morgan fingerprint density at radius 3 is 2.58 bits per heavy atom. The van der Waals surface area contributed by atoms with Crippen molar-refractivity contribution in [3.8, 4) is 0 Å². The molecule has 0 radical (unpaired) electrons. The molecule has 134 valence electrons. The third kappa shape index (κ3) is 3.88. The minimum absolute atomic E-state index is 0.122. The van der Waals surface area contributed by atoms with Gasteiger partial charge in [-0.25, -0.2) is 4.98 Å². The van der Waals surface area contributed by atoms with Crippen molar-refractivity contribution >= 4 is 32.6 Å². The van der Waals surface area contributed by atoms with Crippen LogP contribution in [0.1, 0.15) is 18.4 Å². The number of para-hydroxylation sites is 1. The molecule has 0 unspecified atom stereocenters. The van der Waals surface area contributed by atoms with Gasteiger partial charge >= 0.3 is 0 Å². The van der Waals surface area contributed by atoms with Crippen LogP contribution in [0.2, 0.25) is 0 Å².